The molecule has 0 unspecified atom stereocenters. The van der Waals surface area contributed by atoms with Crippen LogP contribution in [0.25, 0.3) is 11.3 Å². The fraction of sp³-hybridized carbons (Fsp3) is 0. The van der Waals surface area contributed by atoms with Gasteiger partial charge < -0.3 is 10.1 Å². The second kappa shape index (κ2) is 3.73. The maximum atomic E-state index is 12.9. The molecule has 2 N–H and O–H groups in total. The van der Waals surface area contributed by atoms with Gasteiger partial charge in [0.1, 0.15) is 5.69 Å². The van der Waals surface area contributed by atoms with Crippen molar-refractivity contribution in [3.05, 3.63) is 41.9 Å². The van der Waals surface area contributed by atoms with Gasteiger partial charge in [0.05, 0.1) is 6.33 Å². The van der Waals surface area contributed by atoms with Crippen LogP contribution in [-0.4, -0.2) is 21.0 Å². The van der Waals surface area contributed by atoms with Gasteiger partial charge in [0.15, 0.2) is 17.3 Å². The van der Waals surface area contributed by atoms with Crippen molar-refractivity contribution >= 4 is 5.97 Å². The third kappa shape index (κ3) is 1.65. The first-order chi connectivity index (χ1) is 7.59. The van der Waals surface area contributed by atoms with Crippen LogP contribution >= 0.6 is 0 Å². The molecule has 1 aromatic carbocycles. The highest BCUT2D eigenvalue weighted by Crippen LogP contribution is 2.22. The number of aromatic amines is 1. The number of carbonyl (C=O) groups is 1. The summed E-state index contributed by atoms with van der Waals surface area (Å²) in [6.45, 7) is 0. The van der Waals surface area contributed by atoms with E-state index in [1.54, 1.807) is 0 Å². The summed E-state index contributed by atoms with van der Waals surface area (Å²) < 4.78 is 25.6. The lowest BCUT2D eigenvalue weighted by Gasteiger charge is -1.99. The maximum Gasteiger partial charge on any atom is 0.354 e. The molecule has 82 valence electrons. The zero-order chi connectivity index (χ0) is 11.7. The normalized spacial score (nSPS) is 10.4. The molecule has 0 aliphatic rings. The second-order valence-corrected chi connectivity index (χ2v) is 3.06. The van der Waals surface area contributed by atoms with Crippen molar-refractivity contribution in [2.45, 2.75) is 0 Å². The van der Waals surface area contributed by atoms with Crippen molar-refractivity contribution in [3.63, 3.8) is 0 Å². The van der Waals surface area contributed by atoms with Crippen LogP contribution in [0.4, 0.5) is 8.78 Å². The van der Waals surface area contributed by atoms with Crippen LogP contribution in [0.2, 0.25) is 0 Å². The molecule has 0 bridgehead atoms. The zero-order valence-electron chi connectivity index (χ0n) is 7.87. The number of carboxylic acids is 1. The minimum Gasteiger partial charge on any atom is -0.477 e. The summed E-state index contributed by atoms with van der Waals surface area (Å²) in [4.78, 5) is 16.9. The predicted octanol–water partition coefficient (Wildman–Crippen LogP) is 2.05. The second-order valence-electron chi connectivity index (χ2n) is 3.06. The molecular weight excluding hydrogens is 218 g/mol. The largest absolute Gasteiger partial charge is 0.477 e. The molecule has 1 aromatic heterocycles. The van der Waals surface area contributed by atoms with Crippen molar-refractivity contribution in [2.75, 3.05) is 0 Å². The van der Waals surface area contributed by atoms with Gasteiger partial charge in [-0.25, -0.2) is 18.6 Å². The first-order valence-electron chi connectivity index (χ1n) is 4.31. The Hall–Kier alpha value is -2.24. The molecule has 4 nitrogen and oxygen atoms in total. The molecule has 6 heteroatoms. The molecule has 0 aliphatic carbocycles. The molecule has 0 amide bonds. The highest BCUT2D eigenvalue weighted by molar-refractivity contribution is 5.92. The van der Waals surface area contributed by atoms with Crippen molar-refractivity contribution in [3.8, 4) is 11.3 Å². The molecule has 0 saturated heterocycles. The first kappa shape index (κ1) is 10.3. The molecule has 0 atom stereocenters. The van der Waals surface area contributed by atoms with E-state index in [0.29, 0.717) is 0 Å². The maximum absolute atomic E-state index is 12.9. The third-order valence-corrected chi connectivity index (χ3v) is 2.05. The molecule has 0 saturated carbocycles. The van der Waals surface area contributed by atoms with Gasteiger partial charge in [-0.1, -0.05) is 0 Å². The smallest absolute Gasteiger partial charge is 0.354 e. The Morgan fingerprint density at radius 2 is 2.06 bits per heavy atom. The Bertz CT molecular complexity index is 552. The lowest BCUT2D eigenvalue weighted by Crippen LogP contribution is -1.99. The van der Waals surface area contributed by atoms with E-state index in [-0.39, 0.29) is 17.0 Å². The van der Waals surface area contributed by atoms with Crippen molar-refractivity contribution < 1.29 is 18.7 Å². The number of aromatic carboxylic acids is 1. The standard InChI is InChI=1S/C10H6F2N2O2/c11-6-2-1-5(3-7(6)12)8-9(10(15)16)14-4-13-8/h1-4H,(H,13,14)(H,15,16). The molecule has 0 radical (unpaired) electrons. The quantitative estimate of drug-likeness (QED) is 0.820. The summed E-state index contributed by atoms with van der Waals surface area (Å²) >= 11 is 0. The summed E-state index contributed by atoms with van der Waals surface area (Å²) in [5.41, 5.74) is 0.120. The summed E-state index contributed by atoms with van der Waals surface area (Å²) in [5, 5.41) is 8.80. The minimum atomic E-state index is -1.21. The molecule has 0 aliphatic heterocycles. The monoisotopic (exact) mass is 224 g/mol. The predicted molar refractivity (Wildman–Crippen MR) is 50.9 cm³/mol. The van der Waals surface area contributed by atoms with Crippen LogP contribution in [0.1, 0.15) is 10.5 Å². The SMILES string of the molecule is O=C(O)c1[nH]cnc1-c1ccc(F)c(F)c1. The van der Waals surface area contributed by atoms with Crippen LogP contribution in [0.5, 0.6) is 0 Å². The van der Waals surface area contributed by atoms with Gasteiger partial charge in [0.25, 0.3) is 0 Å². The average molecular weight is 224 g/mol. The van der Waals surface area contributed by atoms with E-state index >= 15 is 0 Å². The number of benzene rings is 1. The van der Waals surface area contributed by atoms with Crippen molar-refractivity contribution in [1.82, 2.24) is 9.97 Å². The van der Waals surface area contributed by atoms with Crippen LogP contribution < -0.4 is 0 Å². The van der Waals surface area contributed by atoms with E-state index in [1.807, 2.05) is 0 Å². The van der Waals surface area contributed by atoms with Gasteiger partial charge in [-0.3, -0.25) is 0 Å². The third-order valence-electron chi connectivity index (χ3n) is 2.05. The number of aromatic nitrogens is 2. The van der Waals surface area contributed by atoms with E-state index in [4.69, 9.17) is 5.11 Å². The summed E-state index contributed by atoms with van der Waals surface area (Å²) in [7, 11) is 0. The summed E-state index contributed by atoms with van der Waals surface area (Å²) in [6, 6.07) is 3.09. The molecular formula is C10H6F2N2O2. The van der Waals surface area contributed by atoms with Crippen molar-refractivity contribution in [2.24, 2.45) is 0 Å². The molecule has 0 fully saturated rings. The van der Waals surface area contributed by atoms with E-state index in [2.05, 4.69) is 9.97 Å². The Labute approximate surface area is 88.6 Å². The van der Waals surface area contributed by atoms with Gasteiger partial charge in [-0.2, -0.15) is 0 Å². The molecule has 2 rings (SSSR count). The summed E-state index contributed by atoms with van der Waals surface area (Å²) in [6.07, 6.45) is 1.18. The number of rotatable bonds is 2. The summed E-state index contributed by atoms with van der Waals surface area (Å²) in [5.74, 6) is -3.25. The van der Waals surface area contributed by atoms with E-state index in [0.717, 1.165) is 12.1 Å². The Kier molecular flexibility index (Phi) is 2.40. The fourth-order valence-corrected chi connectivity index (χ4v) is 1.32. The highest BCUT2D eigenvalue weighted by Gasteiger charge is 2.15. The van der Waals surface area contributed by atoms with E-state index in [9.17, 15) is 13.6 Å². The number of halogens is 2. The molecule has 0 spiro atoms. The van der Waals surface area contributed by atoms with Crippen LogP contribution in [0, 0.1) is 11.6 Å². The topological polar surface area (TPSA) is 66.0 Å². The highest BCUT2D eigenvalue weighted by atomic mass is 19.2. The van der Waals surface area contributed by atoms with Crippen molar-refractivity contribution in [1.29, 1.82) is 0 Å². The fourth-order valence-electron chi connectivity index (χ4n) is 1.32. The van der Waals surface area contributed by atoms with Crippen LogP contribution in [0.3, 0.4) is 0 Å². The Balaban J connectivity index is 2.54. The number of hydrogen-bond donors (Lipinski definition) is 2. The molecule has 1 heterocycles. The van der Waals surface area contributed by atoms with Crippen LogP contribution in [0.15, 0.2) is 24.5 Å². The number of imidazole rings is 1. The van der Waals surface area contributed by atoms with E-state index in [1.165, 1.54) is 12.4 Å². The van der Waals surface area contributed by atoms with Gasteiger partial charge in [0, 0.05) is 5.56 Å². The van der Waals surface area contributed by atoms with Crippen LogP contribution in [-0.2, 0) is 0 Å². The Morgan fingerprint density at radius 1 is 1.31 bits per heavy atom. The molecule has 2 aromatic rings. The van der Waals surface area contributed by atoms with Gasteiger partial charge >= 0.3 is 5.97 Å². The first-order valence-corrected chi connectivity index (χ1v) is 4.31. The lowest BCUT2D eigenvalue weighted by molar-refractivity contribution is 0.0692. The lowest BCUT2D eigenvalue weighted by atomic mass is 10.1. The van der Waals surface area contributed by atoms with Gasteiger partial charge in [-0.15, -0.1) is 0 Å². The zero-order valence-corrected chi connectivity index (χ0v) is 7.87. The number of carboxylic acid groups (broad SMARTS) is 1. The number of nitrogens with one attached hydrogen (secondary N) is 1. The Morgan fingerprint density at radius 3 is 2.69 bits per heavy atom. The van der Waals surface area contributed by atoms with E-state index < -0.39 is 17.6 Å². The number of hydrogen-bond acceptors (Lipinski definition) is 2. The number of nitrogens with zero attached hydrogens (tertiary/aromatic N) is 1. The molecule has 16 heavy (non-hydrogen) atoms. The van der Waals surface area contributed by atoms with Gasteiger partial charge in [-0.05, 0) is 18.2 Å². The average Bonchev–Trinajstić information content (AvgIpc) is 2.71. The number of H-pyrrole nitrogens is 1. The minimum absolute atomic E-state index is 0.0754. The van der Waals surface area contributed by atoms with Gasteiger partial charge in [0.2, 0.25) is 0 Å².